The van der Waals surface area contributed by atoms with Gasteiger partial charge in [-0.15, -0.1) is 0 Å². The molecule has 0 bridgehead atoms. The van der Waals surface area contributed by atoms with Gasteiger partial charge < -0.3 is 5.11 Å². The number of nitrogens with zero attached hydrogens (tertiary/aromatic N) is 1. The summed E-state index contributed by atoms with van der Waals surface area (Å²) in [5.41, 5.74) is 1.90. The van der Waals surface area contributed by atoms with Gasteiger partial charge in [-0.05, 0) is 49.4 Å². The van der Waals surface area contributed by atoms with E-state index in [1.54, 1.807) is 12.1 Å². The number of hydrogen-bond donors (Lipinski definition) is 1. The highest BCUT2D eigenvalue weighted by Crippen LogP contribution is 2.25. The van der Waals surface area contributed by atoms with E-state index in [9.17, 15) is 8.42 Å². The van der Waals surface area contributed by atoms with Crippen LogP contribution in [0, 0.1) is 19.8 Å². The minimum absolute atomic E-state index is 0.0544. The van der Waals surface area contributed by atoms with Gasteiger partial charge in [-0.2, -0.15) is 4.31 Å². The summed E-state index contributed by atoms with van der Waals surface area (Å²) in [6.45, 7) is 4.77. The lowest BCUT2D eigenvalue weighted by atomic mass is 10.1. The first-order valence-electron chi connectivity index (χ1n) is 6.13. The molecule has 1 atom stereocenters. The molecule has 1 aromatic carbocycles. The van der Waals surface area contributed by atoms with Crippen molar-refractivity contribution in [3.63, 3.8) is 0 Å². The monoisotopic (exact) mass is 269 g/mol. The molecule has 0 aromatic heterocycles. The minimum Gasteiger partial charge on any atom is -0.396 e. The van der Waals surface area contributed by atoms with Crippen molar-refractivity contribution < 1.29 is 13.5 Å². The van der Waals surface area contributed by atoms with Crippen LogP contribution in [0.3, 0.4) is 0 Å². The fourth-order valence-electron chi connectivity index (χ4n) is 2.40. The van der Waals surface area contributed by atoms with E-state index in [0.29, 0.717) is 18.0 Å². The fourth-order valence-corrected chi connectivity index (χ4v) is 4.12. The summed E-state index contributed by atoms with van der Waals surface area (Å²) in [6, 6.07) is 5.36. The molecule has 1 N–H and O–H groups in total. The molecule has 1 aliphatic heterocycles. The van der Waals surface area contributed by atoms with Crippen molar-refractivity contribution >= 4 is 10.0 Å². The maximum absolute atomic E-state index is 12.4. The first kappa shape index (κ1) is 13.5. The van der Waals surface area contributed by atoms with Gasteiger partial charge in [0.1, 0.15) is 0 Å². The molecular weight excluding hydrogens is 250 g/mol. The lowest BCUT2D eigenvalue weighted by Crippen LogP contribution is -2.29. The van der Waals surface area contributed by atoms with E-state index in [4.69, 9.17) is 5.11 Å². The molecule has 18 heavy (non-hydrogen) atoms. The minimum atomic E-state index is -3.40. The zero-order valence-corrected chi connectivity index (χ0v) is 11.6. The van der Waals surface area contributed by atoms with Crippen molar-refractivity contribution in [2.24, 2.45) is 5.92 Å². The largest absolute Gasteiger partial charge is 0.396 e. The van der Waals surface area contributed by atoms with E-state index in [0.717, 1.165) is 17.5 Å². The van der Waals surface area contributed by atoms with Gasteiger partial charge in [-0.25, -0.2) is 8.42 Å². The summed E-state index contributed by atoms with van der Waals surface area (Å²) >= 11 is 0. The molecule has 1 aliphatic rings. The highest BCUT2D eigenvalue weighted by molar-refractivity contribution is 7.89. The lowest BCUT2D eigenvalue weighted by Gasteiger charge is -2.17. The quantitative estimate of drug-likeness (QED) is 0.900. The smallest absolute Gasteiger partial charge is 0.243 e. The van der Waals surface area contributed by atoms with Crippen LogP contribution >= 0.6 is 0 Å². The normalized spacial score (nSPS) is 21.4. The highest BCUT2D eigenvalue weighted by atomic mass is 32.2. The summed E-state index contributed by atoms with van der Waals surface area (Å²) in [6.07, 6.45) is 0.737. The van der Waals surface area contributed by atoms with E-state index in [2.05, 4.69) is 0 Å². The molecule has 1 fully saturated rings. The fraction of sp³-hybridized carbons (Fsp3) is 0.538. The van der Waals surface area contributed by atoms with Crippen molar-refractivity contribution in [1.82, 2.24) is 4.31 Å². The molecule has 0 spiro atoms. The second kappa shape index (κ2) is 4.99. The molecule has 4 nitrogen and oxygen atoms in total. The zero-order valence-electron chi connectivity index (χ0n) is 10.8. The Balaban J connectivity index is 2.31. The Bertz CT molecular complexity index is 519. The molecular formula is C13H19NO3S. The number of hydrogen-bond acceptors (Lipinski definition) is 3. The Morgan fingerprint density at radius 1 is 1.28 bits per heavy atom. The third kappa shape index (κ3) is 2.58. The van der Waals surface area contributed by atoms with Crippen LogP contribution in [-0.2, 0) is 10.0 Å². The number of rotatable bonds is 3. The number of benzene rings is 1. The predicted octanol–water partition coefficient (Wildman–Crippen LogP) is 1.31. The third-order valence-electron chi connectivity index (χ3n) is 3.34. The van der Waals surface area contributed by atoms with Crippen molar-refractivity contribution in [1.29, 1.82) is 0 Å². The first-order valence-corrected chi connectivity index (χ1v) is 7.57. The van der Waals surface area contributed by atoms with Gasteiger partial charge in [0.05, 0.1) is 4.90 Å². The van der Waals surface area contributed by atoms with Gasteiger partial charge >= 0.3 is 0 Å². The Hall–Kier alpha value is -0.910. The van der Waals surface area contributed by atoms with Gasteiger partial charge in [-0.3, -0.25) is 0 Å². The van der Waals surface area contributed by atoms with Crippen LogP contribution in [0.25, 0.3) is 0 Å². The van der Waals surface area contributed by atoms with Crippen LogP contribution in [-0.4, -0.2) is 37.5 Å². The number of aliphatic hydroxyl groups is 1. The Morgan fingerprint density at radius 2 is 1.89 bits per heavy atom. The molecule has 2 rings (SSSR count). The standard InChI is InChI=1S/C13H19NO3S/c1-10-5-11(2)7-13(6-10)18(16,17)14-4-3-12(8-14)9-15/h5-7,12,15H,3-4,8-9H2,1-2H3. The molecule has 100 valence electrons. The van der Waals surface area contributed by atoms with Crippen LogP contribution < -0.4 is 0 Å². The van der Waals surface area contributed by atoms with Crippen LogP contribution in [0.1, 0.15) is 17.5 Å². The van der Waals surface area contributed by atoms with Crippen LogP contribution in [0.5, 0.6) is 0 Å². The summed E-state index contributed by atoms with van der Waals surface area (Å²) in [4.78, 5) is 0.360. The topological polar surface area (TPSA) is 57.6 Å². The Morgan fingerprint density at radius 3 is 2.39 bits per heavy atom. The summed E-state index contributed by atoms with van der Waals surface area (Å²) in [7, 11) is -3.40. The van der Waals surface area contributed by atoms with Gasteiger partial charge in [0.2, 0.25) is 10.0 Å². The summed E-state index contributed by atoms with van der Waals surface area (Å²) < 4.78 is 26.4. The zero-order chi connectivity index (χ0) is 13.3. The Labute approximate surface area is 108 Å². The van der Waals surface area contributed by atoms with Gasteiger partial charge in [-0.1, -0.05) is 6.07 Å². The number of aryl methyl sites for hydroxylation is 2. The molecule has 0 amide bonds. The van der Waals surface area contributed by atoms with Gasteiger partial charge in [0.25, 0.3) is 0 Å². The maximum atomic E-state index is 12.4. The maximum Gasteiger partial charge on any atom is 0.243 e. The van der Waals surface area contributed by atoms with Crippen LogP contribution in [0.2, 0.25) is 0 Å². The molecule has 0 aliphatic carbocycles. The molecule has 1 unspecified atom stereocenters. The van der Waals surface area contributed by atoms with Crippen molar-refractivity contribution in [3.8, 4) is 0 Å². The summed E-state index contributed by atoms with van der Waals surface area (Å²) in [5, 5.41) is 9.09. The molecule has 1 heterocycles. The van der Waals surface area contributed by atoms with Crippen LogP contribution in [0.4, 0.5) is 0 Å². The van der Waals surface area contributed by atoms with E-state index < -0.39 is 10.0 Å². The average molecular weight is 269 g/mol. The number of aliphatic hydroxyl groups excluding tert-OH is 1. The first-order chi connectivity index (χ1) is 8.43. The SMILES string of the molecule is Cc1cc(C)cc(S(=O)(=O)N2CCC(CO)C2)c1. The third-order valence-corrected chi connectivity index (χ3v) is 5.18. The Kier molecular flexibility index (Phi) is 3.75. The molecule has 1 saturated heterocycles. The van der Waals surface area contributed by atoms with E-state index in [1.807, 2.05) is 19.9 Å². The van der Waals surface area contributed by atoms with Crippen molar-refractivity contribution in [2.45, 2.75) is 25.2 Å². The second-order valence-corrected chi connectivity index (χ2v) is 6.96. The lowest BCUT2D eigenvalue weighted by molar-refractivity contribution is 0.233. The highest BCUT2D eigenvalue weighted by Gasteiger charge is 2.32. The molecule has 0 radical (unpaired) electrons. The van der Waals surface area contributed by atoms with Gasteiger partial charge in [0.15, 0.2) is 0 Å². The number of sulfonamides is 1. The average Bonchev–Trinajstić information content (AvgIpc) is 2.76. The van der Waals surface area contributed by atoms with E-state index in [1.165, 1.54) is 4.31 Å². The molecule has 5 heteroatoms. The van der Waals surface area contributed by atoms with Gasteiger partial charge in [0, 0.05) is 19.7 Å². The summed E-state index contributed by atoms with van der Waals surface area (Å²) in [5.74, 6) is 0.0747. The second-order valence-electron chi connectivity index (χ2n) is 5.02. The predicted molar refractivity (Wildman–Crippen MR) is 69.9 cm³/mol. The van der Waals surface area contributed by atoms with Crippen molar-refractivity contribution in [2.75, 3.05) is 19.7 Å². The van der Waals surface area contributed by atoms with Crippen molar-refractivity contribution in [3.05, 3.63) is 29.3 Å². The van der Waals surface area contributed by atoms with E-state index >= 15 is 0 Å². The molecule has 0 saturated carbocycles. The van der Waals surface area contributed by atoms with E-state index in [-0.39, 0.29) is 12.5 Å². The molecule has 1 aromatic rings. The van der Waals surface area contributed by atoms with Crippen LogP contribution in [0.15, 0.2) is 23.1 Å².